The lowest BCUT2D eigenvalue weighted by atomic mass is 9.93. The minimum atomic E-state index is -0.834. The van der Waals surface area contributed by atoms with Gasteiger partial charge < -0.3 is 10.4 Å². The monoisotopic (exact) mass is 255 g/mol. The molecule has 4 heteroatoms. The Kier molecular flexibility index (Phi) is 6.76. The van der Waals surface area contributed by atoms with E-state index < -0.39 is 5.97 Å². The normalized spacial score (nSPS) is 18.9. The molecular formula is C14H25NO3. The van der Waals surface area contributed by atoms with Crippen molar-refractivity contribution >= 4 is 11.9 Å². The highest BCUT2D eigenvalue weighted by Gasteiger charge is 2.20. The topological polar surface area (TPSA) is 66.4 Å². The summed E-state index contributed by atoms with van der Waals surface area (Å²) in [6.45, 7) is 2.07. The molecule has 2 N–H and O–H groups in total. The minimum Gasteiger partial charge on any atom is -0.481 e. The van der Waals surface area contributed by atoms with Crippen LogP contribution in [-0.2, 0) is 9.59 Å². The standard InChI is InChI=1S/C14H25NO3/c1-11(12-7-4-2-3-5-8-12)15-13(16)9-6-10-14(17)18/h11-12H,2-10H2,1H3,(H,15,16)(H,17,18)/t11-/m0/s1. The van der Waals surface area contributed by atoms with Crippen LogP contribution >= 0.6 is 0 Å². The second-order valence-corrected chi connectivity index (χ2v) is 5.36. The molecule has 104 valence electrons. The molecule has 1 rings (SSSR count). The number of amides is 1. The van der Waals surface area contributed by atoms with E-state index in [0.717, 1.165) is 0 Å². The smallest absolute Gasteiger partial charge is 0.303 e. The Morgan fingerprint density at radius 3 is 2.33 bits per heavy atom. The van der Waals surface area contributed by atoms with Gasteiger partial charge in [-0.3, -0.25) is 9.59 Å². The van der Waals surface area contributed by atoms with E-state index in [-0.39, 0.29) is 18.4 Å². The fourth-order valence-electron chi connectivity index (χ4n) is 2.66. The molecule has 1 atom stereocenters. The average molecular weight is 255 g/mol. The molecule has 0 radical (unpaired) electrons. The molecule has 4 nitrogen and oxygen atoms in total. The zero-order valence-corrected chi connectivity index (χ0v) is 11.3. The number of hydrogen-bond acceptors (Lipinski definition) is 2. The van der Waals surface area contributed by atoms with E-state index in [1.807, 2.05) is 0 Å². The van der Waals surface area contributed by atoms with Gasteiger partial charge in [0.2, 0.25) is 5.91 Å². The third-order valence-electron chi connectivity index (χ3n) is 3.79. The van der Waals surface area contributed by atoms with Gasteiger partial charge in [0.15, 0.2) is 0 Å². The lowest BCUT2D eigenvalue weighted by Crippen LogP contribution is -2.37. The van der Waals surface area contributed by atoms with Gasteiger partial charge in [-0.25, -0.2) is 0 Å². The SMILES string of the molecule is C[C@H](NC(=O)CCCC(=O)O)C1CCCCCC1. The number of hydrogen-bond donors (Lipinski definition) is 2. The Balaban J connectivity index is 2.22. The van der Waals surface area contributed by atoms with Crippen molar-refractivity contribution in [1.29, 1.82) is 0 Å². The summed E-state index contributed by atoms with van der Waals surface area (Å²) in [6.07, 6.45) is 8.40. The molecule has 0 bridgehead atoms. The van der Waals surface area contributed by atoms with Crippen molar-refractivity contribution in [2.24, 2.45) is 5.92 Å². The molecule has 0 aromatic carbocycles. The van der Waals surface area contributed by atoms with Gasteiger partial charge in [0, 0.05) is 18.9 Å². The van der Waals surface area contributed by atoms with Crippen LogP contribution in [0.1, 0.15) is 64.7 Å². The van der Waals surface area contributed by atoms with Crippen molar-refractivity contribution in [3.05, 3.63) is 0 Å². The summed E-state index contributed by atoms with van der Waals surface area (Å²) in [7, 11) is 0. The van der Waals surface area contributed by atoms with Gasteiger partial charge in [-0.05, 0) is 32.1 Å². The molecule has 1 aliphatic rings. The number of carboxylic acids is 1. The number of aliphatic carboxylic acids is 1. The third-order valence-corrected chi connectivity index (χ3v) is 3.79. The predicted molar refractivity (Wildman–Crippen MR) is 70.3 cm³/mol. The summed E-state index contributed by atoms with van der Waals surface area (Å²) >= 11 is 0. The lowest BCUT2D eigenvalue weighted by Gasteiger charge is -2.23. The van der Waals surface area contributed by atoms with Crippen molar-refractivity contribution in [1.82, 2.24) is 5.32 Å². The highest BCUT2D eigenvalue weighted by Crippen LogP contribution is 2.25. The van der Waals surface area contributed by atoms with Crippen LogP contribution < -0.4 is 5.32 Å². The van der Waals surface area contributed by atoms with E-state index in [9.17, 15) is 9.59 Å². The van der Waals surface area contributed by atoms with Crippen LogP contribution in [0.3, 0.4) is 0 Å². The zero-order valence-electron chi connectivity index (χ0n) is 11.3. The molecule has 1 amide bonds. The first-order chi connectivity index (χ1) is 8.59. The van der Waals surface area contributed by atoms with E-state index in [4.69, 9.17) is 5.11 Å². The first kappa shape index (κ1) is 15.0. The number of carboxylic acid groups (broad SMARTS) is 1. The van der Waals surface area contributed by atoms with Gasteiger partial charge in [0.1, 0.15) is 0 Å². The molecule has 18 heavy (non-hydrogen) atoms. The van der Waals surface area contributed by atoms with E-state index in [1.165, 1.54) is 38.5 Å². The van der Waals surface area contributed by atoms with Crippen molar-refractivity contribution in [3.8, 4) is 0 Å². The Bertz CT molecular complexity index is 270. The maximum Gasteiger partial charge on any atom is 0.303 e. The highest BCUT2D eigenvalue weighted by atomic mass is 16.4. The summed E-state index contributed by atoms with van der Waals surface area (Å²) < 4.78 is 0. The average Bonchev–Trinajstić information content (AvgIpc) is 2.56. The number of rotatable bonds is 6. The third kappa shape index (κ3) is 6.03. The molecule has 1 aliphatic carbocycles. The Morgan fingerprint density at radius 2 is 1.78 bits per heavy atom. The van der Waals surface area contributed by atoms with Gasteiger partial charge >= 0.3 is 5.97 Å². The van der Waals surface area contributed by atoms with Gasteiger partial charge in [0.05, 0.1) is 0 Å². The Hall–Kier alpha value is -1.06. The quantitative estimate of drug-likeness (QED) is 0.717. The maximum atomic E-state index is 11.7. The molecular weight excluding hydrogens is 230 g/mol. The molecule has 0 aromatic rings. The predicted octanol–water partition coefficient (Wildman–Crippen LogP) is 2.72. The maximum absolute atomic E-state index is 11.7. The fourth-order valence-corrected chi connectivity index (χ4v) is 2.66. The zero-order chi connectivity index (χ0) is 13.4. The molecule has 0 heterocycles. The molecule has 0 aliphatic heterocycles. The van der Waals surface area contributed by atoms with Crippen LogP contribution in [0, 0.1) is 5.92 Å². The number of nitrogens with one attached hydrogen (secondary N) is 1. The lowest BCUT2D eigenvalue weighted by molar-refractivity contribution is -0.137. The van der Waals surface area contributed by atoms with Gasteiger partial charge in [-0.2, -0.15) is 0 Å². The number of carbonyl (C=O) groups is 2. The van der Waals surface area contributed by atoms with Gasteiger partial charge in [0.25, 0.3) is 0 Å². The summed E-state index contributed by atoms with van der Waals surface area (Å²) in [5.41, 5.74) is 0. The van der Waals surface area contributed by atoms with E-state index in [0.29, 0.717) is 18.8 Å². The van der Waals surface area contributed by atoms with Gasteiger partial charge in [-0.15, -0.1) is 0 Å². The molecule has 0 spiro atoms. The second kappa shape index (κ2) is 8.11. The van der Waals surface area contributed by atoms with Crippen LogP contribution in [0.4, 0.5) is 0 Å². The molecule has 0 aromatic heterocycles. The minimum absolute atomic E-state index is 0.00648. The molecule has 0 unspecified atom stereocenters. The van der Waals surface area contributed by atoms with Crippen LogP contribution in [0.15, 0.2) is 0 Å². The van der Waals surface area contributed by atoms with Crippen LogP contribution in [-0.4, -0.2) is 23.0 Å². The fraction of sp³-hybridized carbons (Fsp3) is 0.857. The summed E-state index contributed by atoms with van der Waals surface area (Å²) in [6, 6.07) is 0.223. The van der Waals surface area contributed by atoms with Crippen LogP contribution in [0.2, 0.25) is 0 Å². The van der Waals surface area contributed by atoms with Crippen LogP contribution in [0.25, 0.3) is 0 Å². The van der Waals surface area contributed by atoms with Crippen molar-refractivity contribution in [3.63, 3.8) is 0 Å². The Morgan fingerprint density at radius 1 is 1.17 bits per heavy atom. The van der Waals surface area contributed by atoms with E-state index >= 15 is 0 Å². The Labute approximate surface area is 109 Å². The number of carbonyl (C=O) groups excluding carboxylic acids is 1. The summed E-state index contributed by atoms with van der Waals surface area (Å²) in [5, 5.41) is 11.5. The van der Waals surface area contributed by atoms with Crippen LogP contribution in [0.5, 0.6) is 0 Å². The van der Waals surface area contributed by atoms with Crippen molar-refractivity contribution in [2.75, 3.05) is 0 Å². The van der Waals surface area contributed by atoms with E-state index in [1.54, 1.807) is 0 Å². The highest BCUT2D eigenvalue weighted by molar-refractivity contribution is 5.77. The van der Waals surface area contributed by atoms with Crippen molar-refractivity contribution < 1.29 is 14.7 Å². The van der Waals surface area contributed by atoms with Crippen molar-refractivity contribution in [2.45, 2.75) is 70.8 Å². The molecule has 1 fully saturated rings. The molecule has 1 saturated carbocycles. The molecule has 0 saturated heterocycles. The summed E-state index contributed by atoms with van der Waals surface area (Å²) in [5.74, 6) is -0.247. The van der Waals surface area contributed by atoms with E-state index in [2.05, 4.69) is 12.2 Å². The first-order valence-electron chi connectivity index (χ1n) is 7.10. The summed E-state index contributed by atoms with van der Waals surface area (Å²) in [4.78, 5) is 22.0. The largest absolute Gasteiger partial charge is 0.481 e. The second-order valence-electron chi connectivity index (χ2n) is 5.36. The van der Waals surface area contributed by atoms with Gasteiger partial charge in [-0.1, -0.05) is 25.7 Å². The first-order valence-corrected chi connectivity index (χ1v) is 7.10.